The number of oxime groups is 1. The van der Waals surface area contributed by atoms with Crippen molar-refractivity contribution in [2.24, 2.45) is 5.16 Å². The molecule has 0 saturated carbocycles. The smallest absolute Gasteiger partial charge is 0.437 e. The molecule has 0 unspecified atom stereocenters. The van der Waals surface area contributed by atoms with Gasteiger partial charge in [-0.1, -0.05) is 24.7 Å². The molecule has 152 valence electrons. The van der Waals surface area contributed by atoms with Crippen molar-refractivity contribution < 1.29 is 28.7 Å². The average Bonchev–Trinajstić information content (AvgIpc) is 2.65. The summed E-state index contributed by atoms with van der Waals surface area (Å²) in [4.78, 5) is 39.5. The van der Waals surface area contributed by atoms with E-state index >= 15 is 0 Å². The zero-order chi connectivity index (χ0) is 21.1. The molecule has 0 heterocycles. The summed E-state index contributed by atoms with van der Waals surface area (Å²) in [6.07, 6.45) is -0.803. The molecule has 9 heteroatoms. The van der Waals surface area contributed by atoms with Gasteiger partial charge >= 0.3 is 18.2 Å². The predicted octanol–water partition coefficient (Wildman–Crippen LogP) is 4.00. The Balaban J connectivity index is 2.56. The van der Waals surface area contributed by atoms with Crippen molar-refractivity contribution in [3.05, 3.63) is 35.9 Å². The third kappa shape index (κ3) is 8.35. The van der Waals surface area contributed by atoms with Crippen LogP contribution >= 0.6 is 0 Å². The van der Waals surface area contributed by atoms with E-state index < -0.39 is 18.2 Å². The summed E-state index contributed by atoms with van der Waals surface area (Å²) in [7, 11) is 0. The number of carbonyl (C=O) groups is 3. The van der Waals surface area contributed by atoms with E-state index in [4.69, 9.17) is 14.3 Å². The van der Waals surface area contributed by atoms with Gasteiger partial charge in [0.05, 0.1) is 5.71 Å². The lowest BCUT2D eigenvalue weighted by Crippen LogP contribution is -2.19. The molecule has 0 aliphatic rings. The lowest BCUT2D eigenvalue weighted by atomic mass is 10.2. The summed E-state index contributed by atoms with van der Waals surface area (Å²) in [5.74, 6) is -0.552. The first-order valence-electron chi connectivity index (χ1n) is 8.61. The van der Waals surface area contributed by atoms with Gasteiger partial charge in [0.15, 0.2) is 0 Å². The fourth-order valence-corrected chi connectivity index (χ4v) is 1.70. The third-order valence-corrected chi connectivity index (χ3v) is 3.41. The molecule has 1 rings (SSSR count). The van der Waals surface area contributed by atoms with Crippen molar-refractivity contribution in [1.29, 1.82) is 0 Å². The molecular formula is C19H25N3O6. The largest absolute Gasteiger partial charge is 0.459 e. The molecule has 2 N–H and O–H groups in total. The second-order valence-electron chi connectivity index (χ2n) is 5.89. The molecule has 0 saturated heterocycles. The van der Waals surface area contributed by atoms with Crippen LogP contribution < -0.4 is 10.6 Å². The van der Waals surface area contributed by atoms with Crippen molar-refractivity contribution in [3.8, 4) is 0 Å². The topological polar surface area (TPSA) is 115 Å². The minimum atomic E-state index is -0.746. The van der Waals surface area contributed by atoms with Crippen LogP contribution in [0.3, 0.4) is 0 Å². The van der Waals surface area contributed by atoms with Gasteiger partial charge in [-0.15, -0.1) is 0 Å². The van der Waals surface area contributed by atoms with Crippen LogP contribution in [0.5, 0.6) is 0 Å². The number of ether oxygens (including phenoxy) is 2. The lowest BCUT2D eigenvalue weighted by molar-refractivity contribution is -0.139. The van der Waals surface area contributed by atoms with Crippen molar-refractivity contribution in [1.82, 2.24) is 0 Å². The summed E-state index contributed by atoms with van der Waals surface area (Å²) in [5, 5.41) is 8.73. The van der Waals surface area contributed by atoms with E-state index in [1.165, 1.54) is 6.92 Å². The number of amides is 2. The van der Waals surface area contributed by atoms with Gasteiger partial charge in [-0.3, -0.25) is 15.5 Å². The molecule has 0 aromatic heterocycles. The fourth-order valence-electron chi connectivity index (χ4n) is 1.70. The molecule has 1 aromatic rings. The number of hydrogen-bond donors (Lipinski definition) is 2. The van der Waals surface area contributed by atoms with Crippen LogP contribution in [0.4, 0.5) is 21.0 Å². The summed E-state index contributed by atoms with van der Waals surface area (Å²) in [6, 6.07) is 4.91. The standard InChI is InChI=1S/C19H25N3O6/c1-6-14(5)22-28-19(25)20-15-8-7-13(4)16(11-15)21-18(24)27-10-9-26-17(23)12(2)3/h7-8,11H,2,6,9-10H2,1,3-5H3,(H,20,25)(H,21,24)/b22-14+. The van der Waals surface area contributed by atoms with E-state index in [9.17, 15) is 14.4 Å². The summed E-state index contributed by atoms with van der Waals surface area (Å²) in [6.45, 7) is 10.2. The quantitative estimate of drug-likeness (QED) is 0.173. The van der Waals surface area contributed by atoms with E-state index in [1.807, 2.05) is 6.92 Å². The Morgan fingerprint density at radius 1 is 1.07 bits per heavy atom. The maximum absolute atomic E-state index is 11.9. The molecule has 0 aliphatic heterocycles. The highest BCUT2D eigenvalue weighted by Crippen LogP contribution is 2.20. The Morgan fingerprint density at radius 2 is 1.75 bits per heavy atom. The number of nitrogens with one attached hydrogen (secondary N) is 2. The minimum Gasteiger partial charge on any atom is -0.459 e. The van der Waals surface area contributed by atoms with Crippen LogP contribution in [0, 0.1) is 6.92 Å². The SMILES string of the molecule is C=C(C)C(=O)OCCOC(=O)Nc1cc(NC(=O)O/N=C(\C)CC)ccc1C. The predicted molar refractivity (Wildman–Crippen MR) is 105 cm³/mol. The van der Waals surface area contributed by atoms with Crippen LogP contribution in [0.25, 0.3) is 0 Å². The van der Waals surface area contributed by atoms with Crippen LogP contribution in [-0.4, -0.2) is 37.1 Å². The molecule has 0 atom stereocenters. The first kappa shape index (κ1) is 22.7. The van der Waals surface area contributed by atoms with E-state index in [2.05, 4.69) is 22.4 Å². The minimum absolute atomic E-state index is 0.0801. The molecule has 2 amide bonds. The van der Waals surface area contributed by atoms with Gasteiger partial charge in [-0.05, 0) is 44.9 Å². The molecule has 1 aromatic carbocycles. The third-order valence-electron chi connectivity index (χ3n) is 3.41. The maximum atomic E-state index is 11.9. The number of hydrogen-bond acceptors (Lipinski definition) is 7. The van der Waals surface area contributed by atoms with E-state index in [1.54, 1.807) is 32.0 Å². The molecule has 0 fully saturated rings. The Kier molecular flexibility index (Phi) is 9.21. The Bertz CT molecular complexity index is 773. The fraction of sp³-hybridized carbons (Fsp3) is 0.368. The first-order chi connectivity index (χ1) is 13.2. The van der Waals surface area contributed by atoms with Crippen LogP contribution in [-0.2, 0) is 19.1 Å². The summed E-state index contributed by atoms with van der Waals surface area (Å²) < 4.78 is 9.77. The number of esters is 1. The second-order valence-corrected chi connectivity index (χ2v) is 5.89. The van der Waals surface area contributed by atoms with Crippen LogP contribution in [0.1, 0.15) is 32.8 Å². The Morgan fingerprint density at radius 3 is 2.39 bits per heavy atom. The molecule has 28 heavy (non-hydrogen) atoms. The van der Waals surface area contributed by atoms with Crippen molar-refractivity contribution in [3.63, 3.8) is 0 Å². The first-order valence-corrected chi connectivity index (χ1v) is 8.61. The molecule has 9 nitrogen and oxygen atoms in total. The number of carbonyl (C=O) groups excluding carboxylic acids is 3. The number of aryl methyl sites for hydroxylation is 1. The van der Waals surface area contributed by atoms with Crippen LogP contribution in [0.15, 0.2) is 35.5 Å². The van der Waals surface area contributed by atoms with E-state index in [0.717, 1.165) is 5.56 Å². The average molecular weight is 391 g/mol. The van der Waals surface area contributed by atoms with E-state index in [0.29, 0.717) is 23.5 Å². The van der Waals surface area contributed by atoms with Gasteiger partial charge in [-0.2, -0.15) is 0 Å². The zero-order valence-electron chi connectivity index (χ0n) is 16.5. The van der Waals surface area contributed by atoms with Gasteiger partial charge in [0, 0.05) is 16.9 Å². The lowest BCUT2D eigenvalue weighted by Gasteiger charge is -2.11. The highest BCUT2D eigenvalue weighted by Gasteiger charge is 2.10. The van der Waals surface area contributed by atoms with Gasteiger partial charge < -0.3 is 9.47 Å². The van der Waals surface area contributed by atoms with Crippen LogP contribution in [0.2, 0.25) is 0 Å². The van der Waals surface area contributed by atoms with Crippen molar-refractivity contribution in [2.45, 2.75) is 34.1 Å². The molecule has 0 spiro atoms. The molecule has 0 bridgehead atoms. The Labute approximate surface area is 163 Å². The second kappa shape index (κ2) is 11.4. The van der Waals surface area contributed by atoms with E-state index in [-0.39, 0.29) is 18.8 Å². The highest BCUT2D eigenvalue weighted by molar-refractivity contribution is 5.90. The molecule has 0 radical (unpaired) electrons. The molecular weight excluding hydrogens is 366 g/mol. The van der Waals surface area contributed by atoms with Gasteiger partial charge in [0.1, 0.15) is 13.2 Å². The summed E-state index contributed by atoms with van der Waals surface area (Å²) >= 11 is 0. The van der Waals surface area contributed by atoms with Crippen molar-refractivity contribution >= 4 is 35.2 Å². The van der Waals surface area contributed by atoms with Gasteiger partial charge in [0.2, 0.25) is 0 Å². The number of nitrogens with zero attached hydrogens (tertiary/aromatic N) is 1. The number of rotatable bonds is 8. The molecule has 0 aliphatic carbocycles. The normalized spacial score (nSPS) is 10.6. The number of benzene rings is 1. The maximum Gasteiger partial charge on any atom is 0.437 e. The zero-order valence-corrected chi connectivity index (χ0v) is 16.5. The highest BCUT2D eigenvalue weighted by atomic mass is 16.7. The van der Waals surface area contributed by atoms with Gasteiger partial charge in [0.25, 0.3) is 0 Å². The summed E-state index contributed by atoms with van der Waals surface area (Å²) in [5.41, 5.74) is 2.54. The van der Waals surface area contributed by atoms with Gasteiger partial charge in [-0.25, -0.2) is 14.4 Å². The monoisotopic (exact) mass is 391 g/mol. The van der Waals surface area contributed by atoms with Crippen molar-refractivity contribution in [2.75, 3.05) is 23.8 Å². The number of anilines is 2. The Hall–Kier alpha value is -3.36.